The summed E-state index contributed by atoms with van der Waals surface area (Å²) >= 11 is 0. The zero-order chi connectivity index (χ0) is 23.6. The van der Waals surface area contributed by atoms with Gasteiger partial charge < -0.3 is 4.74 Å². The van der Waals surface area contributed by atoms with Gasteiger partial charge in [-0.2, -0.15) is 0 Å². The molecule has 186 valence electrons. The molecule has 3 nitrogen and oxygen atoms in total. The fourth-order valence-corrected chi connectivity index (χ4v) is 8.50. The minimum Gasteiger partial charge on any atom is -0.463 e. The highest BCUT2D eigenvalue weighted by Gasteiger charge is 2.57. The minimum absolute atomic E-state index is 0.100. The van der Waals surface area contributed by atoms with Crippen LogP contribution in [0.25, 0.3) is 0 Å². The van der Waals surface area contributed by atoms with E-state index in [1.165, 1.54) is 76.7 Å². The van der Waals surface area contributed by atoms with Crippen molar-refractivity contribution in [3.8, 4) is 0 Å². The Morgan fingerprint density at radius 1 is 1.00 bits per heavy atom. The number of hydrogen-bond acceptors (Lipinski definition) is 3. The molecule has 0 aromatic rings. The second-order valence-electron chi connectivity index (χ2n) is 12.4. The van der Waals surface area contributed by atoms with E-state index in [0.717, 1.165) is 38.5 Å². The van der Waals surface area contributed by atoms with Crippen LogP contribution in [0.15, 0.2) is 11.1 Å². The fourth-order valence-electron chi connectivity index (χ4n) is 8.50. The first kappa shape index (κ1) is 25.0. The van der Waals surface area contributed by atoms with E-state index < -0.39 is 0 Å². The fraction of sp³-hybridized carbons (Fsp3) is 0.867. The number of fused-ring (bicyclic) bond motifs is 4. The van der Waals surface area contributed by atoms with Crippen LogP contribution in [0.4, 0.5) is 0 Å². The number of hydrogen-bond donors (Lipinski definition) is 0. The lowest BCUT2D eigenvalue weighted by Crippen LogP contribution is -2.48. The number of carbonyl (C=O) groups excluding carboxylic acids is 2. The maximum atomic E-state index is 13.4. The van der Waals surface area contributed by atoms with E-state index in [9.17, 15) is 9.59 Å². The summed E-state index contributed by atoms with van der Waals surface area (Å²) in [6.45, 7) is 8.74. The van der Waals surface area contributed by atoms with Crippen LogP contribution in [0.3, 0.4) is 0 Å². The number of esters is 1. The van der Waals surface area contributed by atoms with E-state index in [4.69, 9.17) is 4.74 Å². The van der Waals surface area contributed by atoms with Crippen molar-refractivity contribution in [2.45, 2.75) is 137 Å². The van der Waals surface area contributed by atoms with Gasteiger partial charge in [-0.05, 0) is 80.0 Å². The standard InChI is InChI=1S/C30H48O3/c1-5-6-7-8-9-10-11-12-22-20-27(32)28-25-14-13-23-19-24(33-21(2)31)15-17-29(23,3)26(25)16-18-30(22,28)4/h22-24,26H,5-20H2,1-4H3/t22-,23-,24-,26-,29-,30+/m0/s1. The molecule has 0 bridgehead atoms. The summed E-state index contributed by atoms with van der Waals surface area (Å²) in [6.07, 6.45) is 19.4. The number of Topliss-reactive ketones (excluding diaryl/α,β-unsaturated/α-hetero) is 1. The van der Waals surface area contributed by atoms with Gasteiger partial charge in [0.1, 0.15) is 6.10 Å². The molecule has 0 amide bonds. The third kappa shape index (κ3) is 4.85. The van der Waals surface area contributed by atoms with Crippen molar-refractivity contribution < 1.29 is 14.3 Å². The number of allylic oxidation sites excluding steroid dienone is 2. The molecule has 4 aliphatic carbocycles. The number of rotatable bonds is 9. The van der Waals surface area contributed by atoms with Crippen LogP contribution in [0.5, 0.6) is 0 Å². The predicted molar refractivity (Wildman–Crippen MR) is 134 cm³/mol. The Morgan fingerprint density at radius 2 is 1.73 bits per heavy atom. The third-order valence-corrected chi connectivity index (χ3v) is 10.4. The lowest BCUT2D eigenvalue weighted by molar-refractivity contribution is -0.152. The van der Waals surface area contributed by atoms with Crippen LogP contribution < -0.4 is 0 Å². The highest BCUT2D eigenvalue weighted by atomic mass is 16.5. The average molecular weight is 457 g/mol. The van der Waals surface area contributed by atoms with Crippen LogP contribution in [0.2, 0.25) is 0 Å². The number of ether oxygens (including phenoxy) is 1. The zero-order valence-corrected chi connectivity index (χ0v) is 21.8. The summed E-state index contributed by atoms with van der Waals surface area (Å²) in [4.78, 5) is 24.9. The first-order valence-electron chi connectivity index (χ1n) is 14.2. The van der Waals surface area contributed by atoms with Crippen LogP contribution in [0.1, 0.15) is 130 Å². The Balaban J connectivity index is 1.43. The molecule has 0 aromatic heterocycles. The monoisotopic (exact) mass is 456 g/mol. The predicted octanol–water partition coefficient (Wildman–Crippen LogP) is 7.96. The van der Waals surface area contributed by atoms with E-state index in [0.29, 0.717) is 23.5 Å². The maximum Gasteiger partial charge on any atom is 0.302 e. The van der Waals surface area contributed by atoms with Crippen molar-refractivity contribution in [2.75, 3.05) is 0 Å². The first-order valence-corrected chi connectivity index (χ1v) is 14.2. The normalized spacial score (nSPS) is 38.0. The van der Waals surface area contributed by atoms with Gasteiger partial charge in [0, 0.05) is 18.9 Å². The molecule has 4 rings (SSSR count). The zero-order valence-electron chi connectivity index (χ0n) is 21.8. The van der Waals surface area contributed by atoms with Crippen molar-refractivity contribution >= 4 is 11.8 Å². The van der Waals surface area contributed by atoms with Gasteiger partial charge >= 0.3 is 5.97 Å². The van der Waals surface area contributed by atoms with Gasteiger partial charge in [-0.3, -0.25) is 9.59 Å². The van der Waals surface area contributed by atoms with Gasteiger partial charge in [0.2, 0.25) is 0 Å². The molecule has 33 heavy (non-hydrogen) atoms. The number of carbonyl (C=O) groups is 2. The summed E-state index contributed by atoms with van der Waals surface area (Å²) in [5.74, 6) is 2.10. The average Bonchev–Trinajstić information content (AvgIpc) is 3.03. The summed E-state index contributed by atoms with van der Waals surface area (Å²) in [5, 5.41) is 0. The number of unbranched alkanes of at least 4 members (excludes halogenated alkanes) is 6. The van der Waals surface area contributed by atoms with Crippen molar-refractivity contribution in [1.29, 1.82) is 0 Å². The topological polar surface area (TPSA) is 43.4 Å². The highest BCUT2D eigenvalue weighted by molar-refractivity contribution is 6.00. The van der Waals surface area contributed by atoms with E-state index in [1.807, 2.05) is 0 Å². The van der Waals surface area contributed by atoms with E-state index in [1.54, 1.807) is 5.57 Å². The Kier molecular flexibility index (Phi) is 7.76. The van der Waals surface area contributed by atoms with Gasteiger partial charge in [0.05, 0.1) is 0 Å². The maximum absolute atomic E-state index is 13.4. The van der Waals surface area contributed by atoms with Gasteiger partial charge in [-0.1, -0.05) is 71.3 Å². The molecule has 3 heteroatoms. The van der Waals surface area contributed by atoms with Gasteiger partial charge in [0.25, 0.3) is 0 Å². The van der Waals surface area contributed by atoms with Crippen LogP contribution >= 0.6 is 0 Å². The van der Waals surface area contributed by atoms with Crippen molar-refractivity contribution in [3.05, 3.63) is 11.1 Å². The quantitative estimate of drug-likeness (QED) is 0.261. The molecule has 3 saturated carbocycles. The second-order valence-corrected chi connectivity index (χ2v) is 12.4. The van der Waals surface area contributed by atoms with E-state index in [2.05, 4.69) is 20.8 Å². The van der Waals surface area contributed by atoms with Gasteiger partial charge in [-0.25, -0.2) is 0 Å². The molecule has 0 unspecified atom stereocenters. The smallest absolute Gasteiger partial charge is 0.302 e. The molecule has 0 spiro atoms. The van der Waals surface area contributed by atoms with E-state index in [-0.39, 0.29) is 22.9 Å². The van der Waals surface area contributed by atoms with E-state index >= 15 is 0 Å². The molecule has 0 aliphatic heterocycles. The van der Waals surface area contributed by atoms with Gasteiger partial charge in [0.15, 0.2) is 5.78 Å². The molecule has 0 saturated heterocycles. The van der Waals surface area contributed by atoms with Crippen molar-refractivity contribution in [1.82, 2.24) is 0 Å². The molecule has 0 aromatic carbocycles. The lowest BCUT2D eigenvalue weighted by Gasteiger charge is -2.56. The lowest BCUT2D eigenvalue weighted by atomic mass is 9.49. The molecular formula is C30H48O3. The summed E-state index contributed by atoms with van der Waals surface area (Å²) in [6, 6.07) is 0. The van der Waals surface area contributed by atoms with Crippen LogP contribution in [0, 0.1) is 28.6 Å². The Bertz CT molecular complexity index is 767. The molecule has 0 radical (unpaired) electrons. The third-order valence-electron chi connectivity index (χ3n) is 10.4. The summed E-state index contributed by atoms with van der Waals surface area (Å²) < 4.78 is 5.61. The molecule has 3 fully saturated rings. The Hall–Kier alpha value is -1.12. The largest absolute Gasteiger partial charge is 0.463 e. The molecular weight excluding hydrogens is 408 g/mol. The van der Waals surface area contributed by atoms with Gasteiger partial charge in [-0.15, -0.1) is 0 Å². The molecule has 0 heterocycles. The molecule has 4 aliphatic rings. The first-order chi connectivity index (χ1) is 15.8. The number of ketones is 1. The summed E-state index contributed by atoms with van der Waals surface area (Å²) in [7, 11) is 0. The van der Waals surface area contributed by atoms with Crippen molar-refractivity contribution in [3.63, 3.8) is 0 Å². The summed E-state index contributed by atoms with van der Waals surface area (Å²) in [5.41, 5.74) is 3.24. The van der Waals surface area contributed by atoms with Crippen molar-refractivity contribution in [2.24, 2.45) is 28.6 Å². The minimum atomic E-state index is -0.140. The molecule has 6 atom stereocenters. The Morgan fingerprint density at radius 3 is 2.45 bits per heavy atom. The van der Waals surface area contributed by atoms with Crippen LogP contribution in [-0.4, -0.2) is 17.9 Å². The SMILES string of the molecule is CCCCCCCCC[C@H]1CC(=O)C2=C3CC[C@H]4C[C@@H](OC(C)=O)CC[C@]4(C)[C@H]3CC[C@@]21C. The molecule has 0 N–H and O–H groups in total. The second kappa shape index (κ2) is 10.2. The Labute approximate surface area is 202 Å². The van der Waals surface area contributed by atoms with Crippen LogP contribution in [-0.2, 0) is 14.3 Å². The highest BCUT2D eigenvalue weighted by Crippen LogP contribution is 2.64.